The van der Waals surface area contributed by atoms with Gasteiger partial charge < -0.3 is 0 Å². The Bertz CT molecular complexity index is 465. The van der Waals surface area contributed by atoms with Gasteiger partial charge >= 0.3 is 0 Å². The predicted octanol–water partition coefficient (Wildman–Crippen LogP) is 4.16. The summed E-state index contributed by atoms with van der Waals surface area (Å²) in [4.78, 5) is 23.6. The molecule has 1 saturated heterocycles. The van der Waals surface area contributed by atoms with E-state index in [0.717, 1.165) is 25.7 Å². The normalized spacial score (nSPS) is 16.1. The number of carbonyl (C=O) groups excluding carboxylic acids is 2. The van der Waals surface area contributed by atoms with E-state index in [4.69, 9.17) is 0 Å². The molecule has 0 aromatic carbocycles. The second-order valence-electron chi connectivity index (χ2n) is 6.03. The van der Waals surface area contributed by atoms with Crippen molar-refractivity contribution in [3.8, 4) is 0 Å². The summed E-state index contributed by atoms with van der Waals surface area (Å²) in [6, 6.07) is 0. The molecule has 2 amide bonds. The van der Waals surface area contributed by atoms with Crippen molar-refractivity contribution in [3.63, 3.8) is 0 Å². The van der Waals surface area contributed by atoms with Gasteiger partial charge in [0, 0.05) is 6.54 Å². The summed E-state index contributed by atoms with van der Waals surface area (Å²) in [5.74, 6) is -0.113. The molecule has 0 saturated carbocycles. The molecule has 1 aliphatic heterocycles. The molecule has 0 spiro atoms. The summed E-state index contributed by atoms with van der Waals surface area (Å²) in [5, 5.41) is 0. The molecule has 1 fully saturated rings. The van der Waals surface area contributed by atoms with E-state index in [-0.39, 0.29) is 18.2 Å². The topological polar surface area (TPSA) is 37.4 Å². The van der Waals surface area contributed by atoms with Crippen LogP contribution in [0.25, 0.3) is 0 Å². The van der Waals surface area contributed by atoms with Crippen LogP contribution < -0.4 is 0 Å². The van der Waals surface area contributed by atoms with Crippen LogP contribution in [-0.2, 0) is 9.59 Å². The number of amides is 2. The third kappa shape index (κ3) is 6.56. The van der Waals surface area contributed by atoms with Crippen molar-refractivity contribution in [2.24, 2.45) is 0 Å². The van der Waals surface area contributed by atoms with E-state index in [9.17, 15) is 9.59 Å². The molecule has 0 N–H and O–H groups in total. The Hall–Kier alpha value is -1.64. The van der Waals surface area contributed by atoms with Crippen LogP contribution in [0.2, 0.25) is 0 Å². The van der Waals surface area contributed by atoms with Gasteiger partial charge in [-0.05, 0) is 53.4 Å². The molecular weight excluding hydrogens is 262 g/mol. The first-order chi connectivity index (χ1) is 9.90. The van der Waals surface area contributed by atoms with Gasteiger partial charge in [0.15, 0.2) is 0 Å². The third-order valence-electron chi connectivity index (χ3n) is 3.65. The molecule has 0 aliphatic carbocycles. The number of carbonyl (C=O) groups is 2. The Kier molecular flexibility index (Phi) is 7.13. The first kappa shape index (κ1) is 17.4. The minimum Gasteiger partial charge on any atom is -0.278 e. The number of allylic oxidation sites excluding steroid dienone is 5. The molecule has 3 nitrogen and oxygen atoms in total. The molecule has 3 heteroatoms. The molecule has 0 aromatic heterocycles. The summed E-state index contributed by atoms with van der Waals surface area (Å²) >= 11 is 0. The minimum atomic E-state index is -0.0564. The van der Waals surface area contributed by atoms with Crippen molar-refractivity contribution in [2.75, 3.05) is 6.54 Å². The van der Waals surface area contributed by atoms with Gasteiger partial charge in [-0.15, -0.1) is 0 Å². The molecular formula is C18H27NO2. The Morgan fingerprint density at radius 3 is 1.95 bits per heavy atom. The molecule has 21 heavy (non-hydrogen) atoms. The molecule has 116 valence electrons. The number of likely N-dealkylation sites (tertiary alicyclic amines) is 1. The Balaban J connectivity index is 2.25. The van der Waals surface area contributed by atoms with Gasteiger partial charge in [-0.3, -0.25) is 14.5 Å². The molecule has 1 aliphatic rings. The summed E-state index contributed by atoms with van der Waals surface area (Å²) in [6.45, 7) is 8.92. The van der Waals surface area contributed by atoms with Crippen LogP contribution in [-0.4, -0.2) is 23.3 Å². The molecule has 1 heterocycles. The van der Waals surface area contributed by atoms with Crippen molar-refractivity contribution >= 4 is 11.8 Å². The quantitative estimate of drug-likeness (QED) is 0.382. The van der Waals surface area contributed by atoms with Crippen LogP contribution in [0, 0.1) is 0 Å². The highest BCUT2D eigenvalue weighted by Gasteiger charge is 2.32. The van der Waals surface area contributed by atoms with Crippen LogP contribution in [0.3, 0.4) is 0 Å². The van der Waals surface area contributed by atoms with Crippen LogP contribution in [0.4, 0.5) is 0 Å². The average Bonchev–Trinajstić information content (AvgIpc) is 2.38. The van der Waals surface area contributed by atoms with Crippen molar-refractivity contribution in [2.45, 2.75) is 59.8 Å². The van der Waals surface area contributed by atoms with E-state index in [0.29, 0.717) is 6.54 Å². The fourth-order valence-electron chi connectivity index (χ4n) is 2.16. The van der Waals surface area contributed by atoms with Gasteiger partial charge in [-0.2, -0.15) is 0 Å². The van der Waals surface area contributed by atoms with Crippen molar-refractivity contribution in [1.29, 1.82) is 0 Å². The van der Waals surface area contributed by atoms with Crippen LogP contribution in [0.5, 0.6) is 0 Å². The molecule has 0 radical (unpaired) electrons. The number of hydrogen-bond acceptors (Lipinski definition) is 2. The predicted molar refractivity (Wildman–Crippen MR) is 86.8 cm³/mol. The van der Waals surface area contributed by atoms with E-state index in [1.807, 2.05) is 6.08 Å². The first-order valence-corrected chi connectivity index (χ1v) is 7.68. The standard InChI is InChI=1S/C18H27NO2/c1-14(2)7-5-8-15(3)9-6-10-16(4)11-12-19-17(20)13-18(19)21/h7,9,11H,5-6,8,10,12-13H2,1-4H3/b15-9+,16-11+. The number of imide groups is 1. The lowest BCUT2D eigenvalue weighted by atomic mass is 10.1. The van der Waals surface area contributed by atoms with Gasteiger partial charge in [0.05, 0.1) is 0 Å². The maximum atomic E-state index is 11.2. The molecule has 0 atom stereocenters. The molecule has 0 aromatic rings. The zero-order valence-corrected chi connectivity index (χ0v) is 13.7. The maximum Gasteiger partial charge on any atom is 0.238 e. The van der Waals surface area contributed by atoms with E-state index in [2.05, 4.69) is 39.8 Å². The SMILES string of the molecule is CC(C)=CCC/C(C)=C/CC/C(C)=C/CN1C(=O)CC1=O. The monoisotopic (exact) mass is 289 g/mol. The van der Waals surface area contributed by atoms with E-state index in [1.54, 1.807) is 0 Å². The Morgan fingerprint density at radius 2 is 1.43 bits per heavy atom. The highest BCUT2D eigenvalue weighted by molar-refractivity contribution is 6.14. The molecule has 0 bridgehead atoms. The number of β-lactam (4-membered cyclic amide) rings is 2. The van der Waals surface area contributed by atoms with Gasteiger partial charge in [-0.25, -0.2) is 0 Å². The highest BCUT2D eigenvalue weighted by atomic mass is 16.2. The molecule has 1 rings (SSSR count). The highest BCUT2D eigenvalue weighted by Crippen LogP contribution is 2.14. The van der Waals surface area contributed by atoms with Crippen molar-refractivity contribution < 1.29 is 9.59 Å². The summed E-state index contributed by atoms with van der Waals surface area (Å²) in [6.07, 6.45) is 10.9. The van der Waals surface area contributed by atoms with E-state index in [1.165, 1.54) is 21.6 Å². The summed E-state index contributed by atoms with van der Waals surface area (Å²) < 4.78 is 0. The lowest BCUT2D eigenvalue weighted by Crippen LogP contribution is -2.48. The number of hydrogen-bond donors (Lipinski definition) is 0. The first-order valence-electron chi connectivity index (χ1n) is 7.68. The average molecular weight is 289 g/mol. The number of nitrogens with zero attached hydrogens (tertiary/aromatic N) is 1. The van der Waals surface area contributed by atoms with Crippen LogP contribution in [0.15, 0.2) is 34.9 Å². The molecule has 0 unspecified atom stereocenters. The van der Waals surface area contributed by atoms with Crippen molar-refractivity contribution in [1.82, 2.24) is 4.90 Å². The maximum absolute atomic E-state index is 11.2. The van der Waals surface area contributed by atoms with Crippen LogP contribution >= 0.6 is 0 Å². The minimum absolute atomic E-state index is 0.0564. The summed E-state index contributed by atoms with van der Waals surface area (Å²) in [5.41, 5.74) is 4.03. The van der Waals surface area contributed by atoms with E-state index < -0.39 is 0 Å². The second kappa shape index (κ2) is 8.60. The third-order valence-corrected chi connectivity index (χ3v) is 3.65. The van der Waals surface area contributed by atoms with Crippen molar-refractivity contribution in [3.05, 3.63) is 34.9 Å². The fourth-order valence-corrected chi connectivity index (χ4v) is 2.16. The fraction of sp³-hybridized carbons (Fsp3) is 0.556. The largest absolute Gasteiger partial charge is 0.278 e. The van der Waals surface area contributed by atoms with Gasteiger partial charge in [0.1, 0.15) is 6.42 Å². The van der Waals surface area contributed by atoms with Gasteiger partial charge in [0.25, 0.3) is 0 Å². The smallest absolute Gasteiger partial charge is 0.238 e. The van der Waals surface area contributed by atoms with Crippen LogP contribution in [0.1, 0.15) is 59.8 Å². The zero-order chi connectivity index (χ0) is 15.8. The Morgan fingerprint density at radius 1 is 0.905 bits per heavy atom. The lowest BCUT2D eigenvalue weighted by Gasteiger charge is -2.27. The zero-order valence-electron chi connectivity index (χ0n) is 13.7. The van der Waals surface area contributed by atoms with Gasteiger partial charge in [0.2, 0.25) is 11.8 Å². The lowest BCUT2D eigenvalue weighted by molar-refractivity contribution is -0.156. The number of rotatable bonds is 8. The summed E-state index contributed by atoms with van der Waals surface area (Å²) in [7, 11) is 0. The second-order valence-corrected chi connectivity index (χ2v) is 6.03. The van der Waals surface area contributed by atoms with Gasteiger partial charge in [-0.1, -0.05) is 34.9 Å². The Labute approximate surface area is 128 Å². The van der Waals surface area contributed by atoms with E-state index >= 15 is 0 Å².